The van der Waals surface area contributed by atoms with Gasteiger partial charge in [0.15, 0.2) is 0 Å². The lowest BCUT2D eigenvalue weighted by Crippen LogP contribution is -2.33. The number of hydrogen-bond donors (Lipinski definition) is 2. The van der Waals surface area contributed by atoms with Crippen LogP contribution in [-0.2, 0) is 4.79 Å². The SMILES string of the molecule is CC(=O)NCC(C)(C)CC(C)S. The van der Waals surface area contributed by atoms with Crippen LogP contribution in [-0.4, -0.2) is 17.7 Å². The summed E-state index contributed by atoms with van der Waals surface area (Å²) in [4.78, 5) is 10.6. The quantitative estimate of drug-likeness (QED) is 0.649. The Morgan fingerprint density at radius 1 is 1.58 bits per heavy atom. The number of rotatable bonds is 4. The van der Waals surface area contributed by atoms with Crippen molar-refractivity contribution in [2.75, 3.05) is 6.54 Å². The Balaban J connectivity index is 3.78. The molecule has 0 aliphatic rings. The monoisotopic (exact) mass is 189 g/mol. The Morgan fingerprint density at radius 2 is 2.08 bits per heavy atom. The molecule has 0 heterocycles. The number of carbonyl (C=O) groups is 1. The molecule has 72 valence electrons. The summed E-state index contributed by atoms with van der Waals surface area (Å²) in [5.41, 5.74) is 0.146. The standard InChI is InChI=1S/C9H19NOS/c1-7(12)5-9(3,4)6-10-8(2)11/h7,12H,5-6H2,1-4H3,(H,10,11). The summed E-state index contributed by atoms with van der Waals surface area (Å²) in [6, 6.07) is 0. The van der Waals surface area contributed by atoms with Gasteiger partial charge in [-0.25, -0.2) is 0 Å². The lowest BCUT2D eigenvalue weighted by atomic mass is 9.88. The first kappa shape index (κ1) is 11.8. The fourth-order valence-corrected chi connectivity index (χ4v) is 1.73. The van der Waals surface area contributed by atoms with E-state index in [-0.39, 0.29) is 11.3 Å². The fraction of sp³-hybridized carbons (Fsp3) is 0.889. The van der Waals surface area contributed by atoms with Crippen molar-refractivity contribution >= 4 is 18.5 Å². The molecule has 1 atom stereocenters. The zero-order chi connectivity index (χ0) is 9.78. The molecule has 2 nitrogen and oxygen atoms in total. The second-order valence-corrected chi connectivity index (χ2v) is 5.01. The largest absolute Gasteiger partial charge is 0.356 e. The highest BCUT2D eigenvalue weighted by atomic mass is 32.1. The Bertz CT molecular complexity index is 155. The molecule has 1 N–H and O–H groups in total. The molecule has 3 heteroatoms. The van der Waals surface area contributed by atoms with E-state index >= 15 is 0 Å². The van der Waals surface area contributed by atoms with E-state index in [9.17, 15) is 4.79 Å². The van der Waals surface area contributed by atoms with Crippen LogP contribution in [0.5, 0.6) is 0 Å². The third-order valence-electron chi connectivity index (χ3n) is 1.66. The summed E-state index contributed by atoms with van der Waals surface area (Å²) < 4.78 is 0. The molecule has 0 aromatic heterocycles. The van der Waals surface area contributed by atoms with Crippen LogP contribution in [0.2, 0.25) is 0 Å². The van der Waals surface area contributed by atoms with Crippen molar-refractivity contribution in [2.45, 2.75) is 39.4 Å². The van der Waals surface area contributed by atoms with E-state index in [4.69, 9.17) is 0 Å². The number of amides is 1. The van der Waals surface area contributed by atoms with Gasteiger partial charge in [0.25, 0.3) is 0 Å². The summed E-state index contributed by atoms with van der Waals surface area (Å²) in [6.45, 7) is 8.61. The Hall–Kier alpha value is -0.180. The second kappa shape index (κ2) is 4.75. The van der Waals surface area contributed by atoms with Gasteiger partial charge in [-0.2, -0.15) is 12.6 Å². The van der Waals surface area contributed by atoms with E-state index in [0.29, 0.717) is 5.25 Å². The third kappa shape index (κ3) is 6.53. The van der Waals surface area contributed by atoms with Crippen LogP contribution in [0, 0.1) is 5.41 Å². The van der Waals surface area contributed by atoms with Crippen molar-refractivity contribution in [1.29, 1.82) is 0 Å². The normalized spacial score (nSPS) is 14.1. The molecule has 0 rings (SSSR count). The minimum Gasteiger partial charge on any atom is -0.356 e. The summed E-state index contributed by atoms with van der Waals surface area (Å²) in [5, 5.41) is 3.20. The molecule has 0 fully saturated rings. The molecular weight excluding hydrogens is 170 g/mol. The van der Waals surface area contributed by atoms with Crippen molar-refractivity contribution in [3.05, 3.63) is 0 Å². The van der Waals surface area contributed by atoms with Crippen molar-refractivity contribution in [3.8, 4) is 0 Å². The second-order valence-electron chi connectivity index (χ2n) is 4.13. The van der Waals surface area contributed by atoms with Gasteiger partial charge in [0, 0.05) is 13.5 Å². The Morgan fingerprint density at radius 3 is 2.42 bits per heavy atom. The number of thiol groups is 1. The average Bonchev–Trinajstić information content (AvgIpc) is 1.81. The van der Waals surface area contributed by atoms with Crippen LogP contribution in [0.25, 0.3) is 0 Å². The third-order valence-corrected chi connectivity index (χ3v) is 1.85. The van der Waals surface area contributed by atoms with E-state index in [0.717, 1.165) is 13.0 Å². The van der Waals surface area contributed by atoms with E-state index in [1.165, 1.54) is 0 Å². The summed E-state index contributed by atoms with van der Waals surface area (Å²) in [7, 11) is 0. The first-order chi connectivity index (χ1) is 5.33. The summed E-state index contributed by atoms with van der Waals surface area (Å²) in [6.07, 6.45) is 1.01. The summed E-state index contributed by atoms with van der Waals surface area (Å²) >= 11 is 4.32. The van der Waals surface area contributed by atoms with Gasteiger partial charge in [0.2, 0.25) is 5.91 Å². The van der Waals surface area contributed by atoms with Gasteiger partial charge in [-0.05, 0) is 17.1 Å². The average molecular weight is 189 g/mol. The predicted molar refractivity (Wildman–Crippen MR) is 55.5 cm³/mol. The van der Waals surface area contributed by atoms with E-state index in [1.807, 2.05) is 0 Å². The van der Waals surface area contributed by atoms with Crippen molar-refractivity contribution in [1.82, 2.24) is 5.32 Å². The van der Waals surface area contributed by atoms with Gasteiger partial charge in [-0.3, -0.25) is 4.79 Å². The first-order valence-corrected chi connectivity index (χ1v) is 4.77. The summed E-state index contributed by atoms with van der Waals surface area (Å²) in [5.74, 6) is 0.0369. The van der Waals surface area contributed by atoms with Gasteiger partial charge in [-0.15, -0.1) is 0 Å². The molecule has 0 saturated heterocycles. The van der Waals surface area contributed by atoms with Gasteiger partial charge >= 0.3 is 0 Å². The highest BCUT2D eigenvalue weighted by molar-refractivity contribution is 7.80. The molecule has 0 saturated carbocycles. The Kier molecular flexibility index (Phi) is 4.68. The van der Waals surface area contributed by atoms with Crippen LogP contribution >= 0.6 is 12.6 Å². The molecule has 12 heavy (non-hydrogen) atoms. The van der Waals surface area contributed by atoms with E-state index in [2.05, 4.69) is 38.7 Å². The molecule has 0 aromatic rings. The van der Waals surface area contributed by atoms with E-state index in [1.54, 1.807) is 6.92 Å². The fourth-order valence-electron chi connectivity index (χ4n) is 1.24. The van der Waals surface area contributed by atoms with Crippen LogP contribution in [0.4, 0.5) is 0 Å². The van der Waals surface area contributed by atoms with Gasteiger partial charge in [0.05, 0.1) is 0 Å². The lowest BCUT2D eigenvalue weighted by Gasteiger charge is -2.26. The molecule has 0 spiro atoms. The van der Waals surface area contributed by atoms with Crippen molar-refractivity contribution in [3.63, 3.8) is 0 Å². The number of nitrogens with one attached hydrogen (secondary N) is 1. The smallest absolute Gasteiger partial charge is 0.216 e. The topological polar surface area (TPSA) is 29.1 Å². The zero-order valence-corrected chi connectivity index (χ0v) is 9.24. The van der Waals surface area contributed by atoms with Crippen LogP contribution < -0.4 is 5.32 Å². The van der Waals surface area contributed by atoms with Crippen molar-refractivity contribution in [2.24, 2.45) is 5.41 Å². The molecule has 0 aliphatic heterocycles. The maximum Gasteiger partial charge on any atom is 0.216 e. The first-order valence-electron chi connectivity index (χ1n) is 4.26. The van der Waals surface area contributed by atoms with Crippen LogP contribution in [0.3, 0.4) is 0 Å². The van der Waals surface area contributed by atoms with Crippen LogP contribution in [0.1, 0.15) is 34.1 Å². The Labute approximate surface area is 80.5 Å². The molecule has 0 aliphatic carbocycles. The van der Waals surface area contributed by atoms with Crippen molar-refractivity contribution < 1.29 is 4.79 Å². The van der Waals surface area contributed by atoms with E-state index < -0.39 is 0 Å². The number of hydrogen-bond acceptors (Lipinski definition) is 2. The molecule has 1 amide bonds. The van der Waals surface area contributed by atoms with Gasteiger partial charge in [-0.1, -0.05) is 20.8 Å². The molecule has 0 radical (unpaired) electrons. The predicted octanol–water partition coefficient (Wildman–Crippen LogP) is 1.86. The lowest BCUT2D eigenvalue weighted by molar-refractivity contribution is -0.119. The zero-order valence-electron chi connectivity index (χ0n) is 8.35. The minimum atomic E-state index is 0.0369. The maximum atomic E-state index is 10.6. The maximum absolute atomic E-state index is 10.6. The van der Waals surface area contributed by atoms with Crippen LogP contribution in [0.15, 0.2) is 0 Å². The van der Waals surface area contributed by atoms with Gasteiger partial charge < -0.3 is 5.32 Å². The number of carbonyl (C=O) groups excluding carboxylic acids is 1. The molecule has 0 aromatic carbocycles. The van der Waals surface area contributed by atoms with Gasteiger partial charge in [0.1, 0.15) is 0 Å². The molecular formula is C9H19NOS. The molecule has 1 unspecified atom stereocenters. The highest BCUT2D eigenvalue weighted by Gasteiger charge is 2.19. The minimum absolute atomic E-state index is 0.0369. The highest BCUT2D eigenvalue weighted by Crippen LogP contribution is 2.23. The molecule has 0 bridgehead atoms.